The Morgan fingerprint density at radius 3 is 1.59 bits per heavy atom. The molecule has 0 spiro atoms. The highest BCUT2D eigenvalue weighted by Gasteiger charge is 2.19. The molecule has 0 saturated heterocycles. The van der Waals surface area contributed by atoms with Gasteiger partial charge in [0.2, 0.25) is 0 Å². The fourth-order valence-corrected chi connectivity index (χ4v) is 10.3. The molecule has 2 aromatic heterocycles. The van der Waals surface area contributed by atoms with Gasteiger partial charge in [0.15, 0.2) is 0 Å². The van der Waals surface area contributed by atoms with Crippen LogP contribution in [0.2, 0.25) is 0 Å². The smallest absolute Gasteiger partial charge is 0.0546 e. The van der Waals surface area contributed by atoms with Crippen molar-refractivity contribution in [2.45, 2.75) is 0 Å². The quantitative estimate of drug-likeness (QED) is 0.153. The number of hydrogen-bond acceptors (Lipinski definition) is 2. The predicted molar refractivity (Wildman–Crippen MR) is 254 cm³/mol. The van der Waals surface area contributed by atoms with E-state index in [1.807, 2.05) is 11.3 Å². The molecule has 0 amide bonds. The third-order valence-corrected chi connectivity index (χ3v) is 13.1. The van der Waals surface area contributed by atoms with Crippen molar-refractivity contribution in [2.24, 2.45) is 0 Å². The zero-order valence-electron chi connectivity index (χ0n) is 32.1. The van der Waals surface area contributed by atoms with Gasteiger partial charge < -0.3 is 9.47 Å². The van der Waals surface area contributed by atoms with Crippen molar-refractivity contribution in [3.05, 3.63) is 218 Å². The SMILES string of the molecule is c1ccc(-n2c3ccccc3c3cc(-c4ccc(N(c5ccc(-c6ccc7sc8ccccc8c7c6)cc5)c5cc6ccccc6c6ccccc56)cc4)ccc32)cc1. The number of nitrogens with zero attached hydrogens (tertiary/aromatic N) is 2. The second-order valence-corrected chi connectivity index (χ2v) is 16.4. The first-order valence-electron chi connectivity index (χ1n) is 20.2. The normalized spacial score (nSPS) is 11.7. The fraction of sp³-hybridized carbons (Fsp3) is 0. The number of thiophene rings is 1. The maximum absolute atomic E-state index is 2.43. The Labute approximate surface area is 346 Å². The van der Waals surface area contributed by atoms with Crippen molar-refractivity contribution in [3.63, 3.8) is 0 Å². The summed E-state index contributed by atoms with van der Waals surface area (Å²) in [7, 11) is 0. The molecule has 10 aromatic carbocycles. The lowest BCUT2D eigenvalue weighted by Crippen LogP contribution is -2.10. The first kappa shape index (κ1) is 33.7. The summed E-state index contributed by atoms with van der Waals surface area (Å²) in [5.41, 5.74) is 11.8. The lowest BCUT2D eigenvalue weighted by Gasteiger charge is -2.28. The number of benzene rings is 10. The minimum absolute atomic E-state index is 1.11. The number of anilines is 3. The number of aromatic nitrogens is 1. The van der Waals surface area contributed by atoms with Gasteiger partial charge in [-0.2, -0.15) is 0 Å². The van der Waals surface area contributed by atoms with Gasteiger partial charge in [-0.15, -0.1) is 11.3 Å². The molecule has 0 atom stereocenters. The minimum Gasteiger partial charge on any atom is -0.310 e. The van der Waals surface area contributed by atoms with E-state index in [1.54, 1.807) is 0 Å². The van der Waals surface area contributed by atoms with Gasteiger partial charge in [-0.1, -0.05) is 140 Å². The summed E-state index contributed by atoms with van der Waals surface area (Å²) in [4.78, 5) is 2.43. The first-order valence-corrected chi connectivity index (χ1v) is 21.0. The molecule has 0 saturated carbocycles. The van der Waals surface area contributed by atoms with E-state index in [1.165, 1.54) is 91.5 Å². The van der Waals surface area contributed by atoms with Crippen molar-refractivity contribution in [1.29, 1.82) is 0 Å². The average molecular weight is 769 g/mol. The molecule has 0 aliphatic heterocycles. The Bertz CT molecular complexity index is 3540. The van der Waals surface area contributed by atoms with Gasteiger partial charge >= 0.3 is 0 Å². The Kier molecular flexibility index (Phi) is 7.75. The fourth-order valence-electron chi connectivity index (χ4n) is 9.17. The van der Waals surface area contributed by atoms with Crippen LogP contribution >= 0.6 is 11.3 Å². The summed E-state index contributed by atoms with van der Waals surface area (Å²) < 4.78 is 5.02. The van der Waals surface area contributed by atoms with E-state index in [4.69, 9.17) is 0 Å². The van der Waals surface area contributed by atoms with Crippen molar-refractivity contribution in [3.8, 4) is 27.9 Å². The van der Waals surface area contributed by atoms with E-state index >= 15 is 0 Å². The third-order valence-electron chi connectivity index (χ3n) is 12.0. The summed E-state index contributed by atoms with van der Waals surface area (Å²) in [6, 6.07) is 80.0. The molecular weight excluding hydrogens is 733 g/mol. The summed E-state index contributed by atoms with van der Waals surface area (Å²) in [5, 5.41) is 10.1. The Balaban J connectivity index is 0.981. The van der Waals surface area contributed by atoms with E-state index in [-0.39, 0.29) is 0 Å². The Morgan fingerprint density at radius 1 is 0.322 bits per heavy atom. The predicted octanol–water partition coefficient (Wildman–Crippen LogP) is 16.3. The van der Waals surface area contributed by atoms with Crippen LogP contribution in [0.5, 0.6) is 0 Å². The Morgan fingerprint density at radius 2 is 0.847 bits per heavy atom. The van der Waals surface area contributed by atoms with Gasteiger partial charge in [0.05, 0.1) is 16.7 Å². The number of para-hydroxylation sites is 2. The number of fused-ring (bicyclic) bond motifs is 9. The van der Waals surface area contributed by atoms with Crippen molar-refractivity contribution in [2.75, 3.05) is 4.90 Å². The van der Waals surface area contributed by atoms with E-state index in [0.717, 1.165) is 17.1 Å². The molecule has 2 heterocycles. The van der Waals surface area contributed by atoms with Crippen LogP contribution in [-0.4, -0.2) is 4.57 Å². The summed E-state index contributed by atoms with van der Waals surface area (Å²) in [6.07, 6.45) is 0. The molecule has 3 heteroatoms. The average Bonchev–Trinajstić information content (AvgIpc) is 3.85. The molecule has 0 aliphatic rings. The standard InChI is InChI=1S/C56H36N2S/c1-2-13-42(14-3-1)58-52-20-10-8-18-48(52)50-34-39(26-32-53(50)58)37-22-28-43(29-23-37)57(54-36-41-12-4-5-15-45(41)46-16-6-7-17-47(46)54)44-30-24-38(25-31-44)40-27-33-56-51(35-40)49-19-9-11-21-55(49)59-56/h1-36H. The molecular formula is C56H36N2S. The van der Waals surface area contributed by atoms with Gasteiger partial charge in [0.1, 0.15) is 0 Å². The molecule has 0 bridgehead atoms. The largest absolute Gasteiger partial charge is 0.310 e. The molecule has 0 aliphatic carbocycles. The van der Waals surface area contributed by atoms with E-state index in [0.29, 0.717) is 0 Å². The third kappa shape index (κ3) is 5.55. The Hall–Kier alpha value is -7.46. The molecule has 12 aromatic rings. The van der Waals surface area contributed by atoms with Crippen LogP contribution in [0, 0.1) is 0 Å². The maximum Gasteiger partial charge on any atom is 0.0546 e. The first-order chi connectivity index (χ1) is 29.2. The van der Waals surface area contributed by atoms with Crippen molar-refractivity contribution in [1.82, 2.24) is 4.57 Å². The molecule has 0 radical (unpaired) electrons. The lowest BCUT2D eigenvalue weighted by molar-refractivity contribution is 1.18. The molecule has 59 heavy (non-hydrogen) atoms. The topological polar surface area (TPSA) is 8.17 Å². The van der Waals surface area contributed by atoms with Gasteiger partial charge in [-0.3, -0.25) is 0 Å². The van der Waals surface area contributed by atoms with Crippen LogP contribution < -0.4 is 4.90 Å². The molecule has 276 valence electrons. The highest BCUT2D eigenvalue weighted by atomic mass is 32.1. The molecule has 0 unspecified atom stereocenters. The van der Waals surface area contributed by atoms with Crippen molar-refractivity contribution >= 4 is 91.9 Å². The summed E-state index contributed by atoms with van der Waals surface area (Å²) >= 11 is 1.86. The van der Waals surface area contributed by atoms with Crippen molar-refractivity contribution < 1.29 is 0 Å². The second kappa shape index (κ2) is 13.6. The lowest BCUT2D eigenvalue weighted by atomic mass is 9.98. The molecule has 0 N–H and O–H groups in total. The van der Waals surface area contributed by atoms with Gasteiger partial charge in [0, 0.05) is 53.4 Å². The van der Waals surface area contributed by atoms with Gasteiger partial charge in [-0.05, 0) is 117 Å². The number of rotatable bonds is 6. The summed E-state index contributed by atoms with van der Waals surface area (Å²) in [6.45, 7) is 0. The van der Waals surface area contributed by atoms with E-state index < -0.39 is 0 Å². The highest BCUT2D eigenvalue weighted by molar-refractivity contribution is 7.25. The van der Waals surface area contributed by atoms with Gasteiger partial charge in [-0.25, -0.2) is 0 Å². The molecule has 2 nitrogen and oxygen atoms in total. The van der Waals surface area contributed by atoms with E-state index in [9.17, 15) is 0 Å². The number of hydrogen-bond donors (Lipinski definition) is 0. The summed E-state index contributed by atoms with van der Waals surface area (Å²) in [5.74, 6) is 0. The molecule has 0 fully saturated rings. The highest BCUT2D eigenvalue weighted by Crippen LogP contribution is 2.44. The van der Waals surface area contributed by atoms with E-state index in [2.05, 4.69) is 228 Å². The van der Waals surface area contributed by atoms with Crippen LogP contribution in [0.15, 0.2) is 218 Å². The minimum atomic E-state index is 1.11. The monoisotopic (exact) mass is 768 g/mol. The van der Waals surface area contributed by atoms with Crippen LogP contribution in [0.25, 0.3) is 91.5 Å². The van der Waals surface area contributed by atoms with Crippen LogP contribution in [0.1, 0.15) is 0 Å². The maximum atomic E-state index is 2.43. The zero-order chi connectivity index (χ0) is 38.9. The van der Waals surface area contributed by atoms with Gasteiger partial charge in [0.25, 0.3) is 0 Å². The van der Waals surface area contributed by atoms with Crippen LogP contribution in [0.3, 0.4) is 0 Å². The molecule has 12 rings (SSSR count). The van der Waals surface area contributed by atoms with Crippen LogP contribution in [-0.2, 0) is 0 Å². The second-order valence-electron chi connectivity index (χ2n) is 15.3. The zero-order valence-corrected chi connectivity index (χ0v) is 32.9. The van der Waals surface area contributed by atoms with Crippen LogP contribution in [0.4, 0.5) is 17.1 Å².